The van der Waals surface area contributed by atoms with Crippen molar-refractivity contribution in [1.29, 1.82) is 0 Å². The number of aromatic nitrogens is 2. The summed E-state index contributed by atoms with van der Waals surface area (Å²) in [6.45, 7) is 0. The molecule has 98 valence electrons. The molecular formula is C13H13N3O2S. The van der Waals surface area contributed by atoms with Crippen molar-refractivity contribution in [3.8, 4) is 0 Å². The van der Waals surface area contributed by atoms with Crippen LogP contribution < -0.4 is 5.73 Å². The van der Waals surface area contributed by atoms with Gasteiger partial charge in [-0.3, -0.25) is 0 Å². The average molecular weight is 275 g/mol. The quantitative estimate of drug-likeness (QED) is 0.635. The van der Waals surface area contributed by atoms with Gasteiger partial charge in [-0.15, -0.1) is 0 Å². The minimum absolute atomic E-state index is 0.163. The van der Waals surface area contributed by atoms with E-state index < -0.39 is 11.5 Å². The van der Waals surface area contributed by atoms with Crippen LogP contribution in [0.3, 0.4) is 0 Å². The summed E-state index contributed by atoms with van der Waals surface area (Å²) in [4.78, 5) is 19.5. The van der Waals surface area contributed by atoms with Gasteiger partial charge in [0.15, 0.2) is 5.16 Å². The molecule has 0 aliphatic rings. The molecule has 5 nitrogen and oxygen atoms in total. The number of rotatable bonds is 5. The molecule has 1 aromatic heterocycles. The molecule has 0 radical (unpaired) electrons. The fourth-order valence-electron chi connectivity index (χ4n) is 1.54. The Morgan fingerprint density at radius 2 is 1.84 bits per heavy atom. The summed E-state index contributed by atoms with van der Waals surface area (Å²) in [6.07, 6.45) is 3.22. The molecule has 0 bridgehead atoms. The van der Waals surface area contributed by atoms with Crippen LogP contribution in [0.5, 0.6) is 0 Å². The van der Waals surface area contributed by atoms with Gasteiger partial charge in [-0.2, -0.15) is 0 Å². The summed E-state index contributed by atoms with van der Waals surface area (Å²) in [5.74, 6) is -0.904. The van der Waals surface area contributed by atoms with Crippen molar-refractivity contribution < 1.29 is 9.90 Å². The van der Waals surface area contributed by atoms with Crippen LogP contribution in [0, 0.1) is 0 Å². The number of carbonyl (C=O) groups is 1. The molecule has 1 atom stereocenters. The molecule has 1 heterocycles. The molecular weight excluding hydrogens is 262 g/mol. The highest BCUT2D eigenvalue weighted by Gasteiger charge is 2.36. The number of carboxylic acid groups (broad SMARTS) is 1. The van der Waals surface area contributed by atoms with E-state index in [9.17, 15) is 9.90 Å². The molecule has 19 heavy (non-hydrogen) atoms. The molecule has 0 fully saturated rings. The fraction of sp³-hybridized carbons (Fsp3) is 0.154. The maximum atomic E-state index is 11.5. The van der Waals surface area contributed by atoms with Crippen LogP contribution in [0.2, 0.25) is 0 Å². The van der Waals surface area contributed by atoms with Crippen molar-refractivity contribution in [1.82, 2.24) is 9.97 Å². The zero-order valence-electron chi connectivity index (χ0n) is 10.1. The van der Waals surface area contributed by atoms with E-state index >= 15 is 0 Å². The highest BCUT2D eigenvalue weighted by Crippen LogP contribution is 2.26. The van der Waals surface area contributed by atoms with Gasteiger partial charge in [-0.25, -0.2) is 14.8 Å². The molecule has 0 amide bonds. The first kappa shape index (κ1) is 13.5. The third-order valence-electron chi connectivity index (χ3n) is 2.64. The summed E-state index contributed by atoms with van der Waals surface area (Å²) < 4.78 is 0. The molecule has 2 aromatic rings. The number of benzene rings is 1. The fourth-order valence-corrected chi connectivity index (χ4v) is 2.46. The SMILES string of the molecule is NC(CSc1ncccn1)(C(=O)O)c1ccccc1. The van der Waals surface area contributed by atoms with Gasteiger partial charge in [0.1, 0.15) is 5.54 Å². The lowest BCUT2D eigenvalue weighted by molar-refractivity contribution is -0.142. The molecule has 0 aliphatic heterocycles. The van der Waals surface area contributed by atoms with Gasteiger partial charge in [0.2, 0.25) is 0 Å². The Morgan fingerprint density at radius 3 is 2.42 bits per heavy atom. The van der Waals surface area contributed by atoms with E-state index in [4.69, 9.17) is 5.73 Å². The van der Waals surface area contributed by atoms with Gasteiger partial charge in [0, 0.05) is 18.1 Å². The van der Waals surface area contributed by atoms with Gasteiger partial charge in [-0.05, 0) is 11.6 Å². The normalized spacial score (nSPS) is 13.7. The average Bonchev–Trinajstić information content (AvgIpc) is 2.46. The molecule has 6 heteroatoms. The van der Waals surface area contributed by atoms with Crippen molar-refractivity contribution in [3.63, 3.8) is 0 Å². The molecule has 0 aliphatic carbocycles. The molecule has 1 aromatic carbocycles. The Labute approximate surface area is 114 Å². The van der Waals surface area contributed by atoms with Crippen LogP contribution in [0.25, 0.3) is 0 Å². The molecule has 0 spiro atoms. The lowest BCUT2D eigenvalue weighted by Gasteiger charge is -2.24. The predicted molar refractivity (Wildman–Crippen MR) is 72.7 cm³/mol. The van der Waals surface area contributed by atoms with E-state index in [-0.39, 0.29) is 5.75 Å². The second-order valence-corrected chi connectivity index (χ2v) is 4.91. The van der Waals surface area contributed by atoms with E-state index in [1.54, 1.807) is 42.7 Å². The van der Waals surface area contributed by atoms with Gasteiger partial charge in [0.05, 0.1) is 0 Å². The number of hydrogen-bond donors (Lipinski definition) is 2. The summed E-state index contributed by atoms with van der Waals surface area (Å²) in [5, 5.41) is 9.89. The summed E-state index contributed by atoms with van der Waals surface area (Å²) in [6, 6.07) is 10.5. The van der Waals surface area contributed by atoms with Crippen molar-refractivity contribution in [2.45, 2.75) is 10.7 Å². The first-order valence-corrected chi connectivity index (χ1v) is 6.59. The minimum atomic E-state index is -1.45. The first-order chi connectivity index (χ1) is 9.13. The van der Waals surface area contributed by atoms with E-state index in [2.05, 4.69) is 9.97 Å². The lowest BCUT2D eigenvalue weighted by atomic mass is 9.93. The molecule has 0 saturated carbocycles. The van der Waals surface area contributed by atoms with Crippen LogP contribution in [0.15, 0.2) is 53.9 Å². The van der Waals surface area contributed by atoms with Gasteiger partial charge in [-0.1, -0.05) is 42.1 Å². The number of aliphatic carboxylic acids is 1. The Hall–Kier alpha value is -1.92. The van der Waals surface area contributed by atoms with Crippen LogP contribution >= 0.6 is 11.8 Å². The van der Waals surface area contributed by atoms with Gasteiger partial charge in [0.25, 0.3) is 0 Å². The second-order valence-electron chi connectivity index (χ2n) is 3.96. The van der Waals surface area contributed by atoms with Crippen LogP contribution in [0.4, 0.5) is 0 Å². The zero-order valence-corrected chi connectivity index (χ0v) is 10.9. The van der Waals surface area contributed by atoms with Gasteiger partial charge >= 0.3 is 5.97 Å². The van der Waals surface area contributed by atoms with Crippen LogP contribution in [-0.4, -0.2) is 26.8 Å². The maximum absolute atomic E-state index is 11.5. The number of nitrogens with zero attached hydrogens (tertiary/aromatic N) is 2. The lowest BCUT2D eigenvalue weighted by Crippen LogP contribution is -2.47. The Kier molecular flexibility index (Phi) is 4.13. The number of thioether (sulfide) groups is 1. The molecule has 3 N–H and O–H groups in total. The zero-order chi connectivity index (χ0) is 13.7. The van der Waals surface area contributed by atoms with Gasteiger partial charge < -0.3 is 10.8 Å². The van der Waals surface area contributed by atoms with Crippen molar-refractivity contribution in [2.75, 3.05) is 5.75 Å². The Morgan fingerprint density at radius 1 is 1.21 bits per heavy atom. The largest absolute Gasteiger partial charge is 0.480 e. The minimum Gasteiger partial charge on any atom is -0.480 e. The third-order valence-corrected chi connectivity index (χ3v) is 3.71. The Bertz CT molecular complexity index is 550. The third kappa shape index (κ3) is 3.10. The van der Waals surface area contributed by atoms with Crippen molar-refractivity contribution in [3.05, 3.63) is 54.4 Å². The highest BCUT2D eigenvalue weighted by atomic mass is 32.2. The predicted octanol–water partition coefficient (Wildman–Crippen LogP) is 1.51. The van der Waals surface area contributed by atoms with Crippen LogP contribution in [0.1, 0.15) is 5.56 Å². The maximum Gasteiger partial charge on any atom is 0.329 e. The summed E-state index contributed by atoms with van der Waals surface area (Å²) in [5.41, 5.74) is 5.14. The summed E-state index contributed by atoms with van der Waals surface area (Å²) >= 11 is 1.22. The summed E-state index contributed by atoms with van der Waals surface area (Å²) in [7, 11) is 0. The van der Waals surface area contributed by atoms with Crippen molar-refractivity contribution >= 4 is 17.7 Å². The van der Waals surface area contributed by atoms with E-state index in [1.807, 2.05) is 6.07 Å². The topological polar surface area (TPSA) is 89.1 Å². The Balaban J connectivity index is 2.19. The monoisotopic (exact) mass is 275 g/mol. The standard InChI is InChI=1S/C13H13N3O2S/c14-13(11(17)18,10-5-2-1-3-6-10)9-19-12-15-7-4-8-16-12/h1-8H,9,14H2,(H,17,18). The van der Waals surface area contributed by atoms with E-state index in [0.717, 1.165) is 0 Å². The number of carboxylic acids is 1. The highest BCUT2D eigenvalue weighted by molar-refractivity contribution is 7.99. The second kappa shape index (κ2) is 5.81. The molecule has 0 saturated heterocycles. The first-order valence-electron chi connectivity index (χ1n) is 5.60. The molecule has 1 unspecified atom stereocenters. The van der Waals surface area contributed by atoms with Crippen LogP contribution in [-0.2, 0) is 10.3 Å². The van der Waals surface area contributed by atoms with E-state index in [1.165, 1.54) is 11.8 Å². The van der Waals surface area contributed by atoms with Crippen molar-refractivity contribution in [2.24, 2.45) is 5.73 Å². The number of nitrogens with two attached hydrogens (primary N) is 1. The molecule has 2 rings (SSSR count). The van der Waals surface area contributed by atoms with E-state index in [0.29, 0.717) is 10.7 Å². The smallest absolute Gasteiger partial charge is 0.329 e. The number of hydrogen-bond acceptors (Lipinski definition) is 5.